The van der Waals surface area contributed by atoms with Crippen LogP contribution in [0.5, 0.6) is 5.75 Å². The Kier molecular flexibility index (Phi) is 2.19. The van der Waals surface area contributed by atoms with E-state index in [2.05, 4.69) is 5.32 Å². The minimum Gasteiger partial charge on any atom is -0.508 e. The number of phenolic OH excluding ortho intramolecular Hbond substituents is 1. The van der Waals surface area contributed by atoms with Crippen molar-refractivity contribution in [2.24, 2.45) is 5.92 Å². The van der Waals surface area contributed by atoms with Crippen LogP contribution in [-0.2, 0) is 0 Å². The van der Waals surface area contributed by atoms with Crippen LogP contribution in [0.1, 0.15) is 11.7 Å². The standard InChI is InChI=1S/C10H12FNO/c11-10(7-5-12-6-7)8-3-1-2-4-9(8)13/h1-4,7,10,12-13H,5-6H2. The largest absolute Gasteiger partial charge is 0.508 e. The molecule has 1 aromatic rings. The summed E-state index contributed by atoms with van der Waals surface area (Å²) >= 11 is 0. The molecule has 2 rings (SSSR count). The molecule has 0 aromatic heterocycles. The van der Waals surface area contributed by atoms with E-state index in [9.17, 15) is 9.50 Å². The number of alkyl halides is 1. The number of para-hydroxylation sites is 1. The maximum Gasteiger partial charge on any atom is 0.134 e. The van der Waals surface area contributed by atoms with Crippen molar-refractivity contribution in [3.8, 4) is 5.75 Å². The fourth-order valence-electron chi connectivity index (χ4n) is 1.49. The summed E-state index contributed by atoms with van der Waals surface area (Å²) in [6, 6.07) is 6.60. The highest BCUT2D eigenvalue weighted by Gasteiger charge is 2.29. The summed E-state index contributed by atoms with van der Waals surface area (Å²) in [6.45, 7) is 1.41. The maximum absolute atomic E-state index is 13.6. The molecular formula is C10H12FNO. The van der Waals surface area contributed by atoms with Crippen molar-refractivity contribution in [2.75, 3.05) is 13.1 Å². The summed E-state index contributed by atoms with van der Waals surface area (Å²) in [5, 5.41) is 12.4. The van der Waals surface area contributed by atoms with Gasteiger partial charge in [0, 0.05) is 24.6 Å². The van der Waals surface area contributed by atoms with E-state index in [0.717, 1.165) is 0 Å². The number of nitrogens with one attached hydrogen (secondary N) is 1. The van der Waals surface area contributed by atoms with E-state index in [1.165, 1.54) is 6.07 Å². The number of phenols is 1. The number of halogens is 1. The van der Waals surface area contributed by atoms with Crippen LogP contribution in [0, 0.1) is 5.92 Å². The lowest BCUT2D eigenvalue weighted by Crippen LogP contribution is -2.44. The Hall–Kier alpha value is -1.09. The molecule has 13 heavy (non-hydrogen) atoms. The SMILES string of the molecule is Oc1ccccc1C(F)C1CNC1. The van der Waals surface area contributed by atoms with Gasteiger partial charge in [-0.25, -0.2) is 4.39 Å². The fraction of sp³-hybridized carbons (Fsp3) is 0.400. The number of hydrogen-bond donors (Lipinski definition) is 2. The van der Waals surface area contributed by atoms with Crippen molar-refractivity contribution in [1.82, 2.24) is 5.32 Å². The minimum absolute atomic E-state index is 0.0216. The van der Waals surface area contributed by atoms with Gasteiger partial charge in [-0.15, -0.1) is 0 Å². The van der Waals surface area contributed by atoms with Gasteiger partial charge >= 0.3 is 0 Å². The van der Waals surface area contributed by atoms with Gasteiger partial charge in [0.15, 0.2) is 0 Å². The molecule has 0 amide bonds. The zero-order valence-electron chi connectivity index (χ0n) is 7.20. The molecule has 1 saturated heterocycles. The van der Waals surface area contributed by atoms with Gasteiger partial charge in [-0.2, -0.15) is 0 Å². The molecule has 0 bridgehead atoms. The highest BCUT2D eigenvalue weighted by molar-refractivity contribution is 5.34. The Morgan fingerprint density at radius 2 is 2.08 bits per heavy atom. The van der Waals surface area contributed by atoms with Gasteiger partial charge in [-0.05, 0) is 6.07 Å². The third-order valence-electron chi connectivity index (χ3n) is 2.46. The molecule has 1 heterocycles. The molecule has 0 aliphatic carbocycles. The summed E-state index contributed by atoms with van der Waals surface area (Å²) in [7, 11) is 0. The first-order chi connectivity index (χ1) is 6.29. The second-order valence-electron chi connectivity index (χ2n) is 3.38. The summed E-state index contributed by atoms with van der Waals surface area (Å²) in [5.74, 6) is 0.0789. The second kappa shape index (κ2) is 3.34. The van der Waals surface area contributed by atoms with Crippen LogP contribution in [0.4, 0.5) is 4.39 Å². The Bertz CT molecular complexity index is 299. The average molecular weight is 181 g/mol. The Labute approximate surface area is 76.4 Å². The average Bonchev–Trinajstić information content (AvgIpc) is 2.01. The lowest BCUT2D eigenvalue weighted by molar-refractivity contribution is 0.168. The van der Waals surface area contributed by atoms with Crippen LogP contribution in [-0.4, -0.2) is 18.2 Å². The van der Waals surface area contributed by atoms with Gasteiger partial charge in [0.05, 0.1) is 0 Å². The van der Waals surface area contributed by atoms with E-state index in [1.54, 1.807) is 18.2 Å². The summed E-state index contributed by atoms with van der Waals surface area (Å²) < 4.78 is 13.6. The molecule has 1 aliphatic heterocycles. The van der Waals surface area contributed by atoms with Crippen LogP contribution >= 0.6 is 0 Å². The zero-order chi connectivity index (χ0) is 9.26. The van der Waals surface area contributed by atoms with Gasteiger partial charge in [-0.1, -0.05) is 18.2 Å². The van der Waals surface area contributed by atoms with E-state index in [-0.39, 0.29) is 11.7 Å². The molecular weight excluding hydrogens is 169 g/mol. The molecule has 0 radical (unpaired) electrons. The van der Waals surface area contributed by atoms with Gasteiger partial charge in [0.1, 0.15) is 11.9 Å². The summed E-state index contributed by atoms with van der Waals surface area (Å²) in [5.41, 5.74) is 0.411. The molecule has 2 nitrogen and oxygen atoms in total. The first-order valence-corrected chi connectivity index (χ1v) is 4.41. The molecule has 0 spiro atoms. The van der Waals surface area contributed by atoms with Gasteiger partial charge in [0.2, 0.25) is 0 Å². The first-order valence-electron chi connectivity index (χ1n) is 4.41. The van der Waals surface area contributed by atoms with Crippen LogP contribution in [0.15, 0.2) is 24.3 Å². The molecule has 70 valence electrons. The molecule has 1 fully saturated rings. The second-order valence-corrected chi connectivity index (χ2v) is 3.38. The predicted octanol–water partition coefficient (Wildman–Crippen LogP) is 1.62. The first kappa shape index (κ1) is 8.51. The topological polar surface area (TPSA) is 32.3 Å². The van der Waals surface area contributed by atoms with E-state index in [4.69, 9.17) is 0 Å². The lowest BCUT2D eigenvalue weighted by Gasteiger charge is -2.30. The molecule has 0 saturated carbocycles. The van der Waals surface area contributed by atoms with Crippen molar-refractivity contribution < 1.29 is 9.50 Å². The van der Waals surface area contributed by atoms with Gasteiger partial charge in [0.25, 0.3) is 0 Å². The third-order valence-corrected chi connectivity index (χ3v) is 2.46. The number of hydrogen-bond acceptors (Lipinski definition) is 2. The molecule has 2 N–H and O–H groups in total. The van der Waals surface area contributed by atoms with E-state index in [0.29, 0.717) is 18.7 Å². The zero-order valence-corrected chi connectivity index (χ0v) is 7.20. The Morgan fingerprint density at radius 1 is 1.38 bits per heavy atom. The minimum atomic E-state index is -1.04. The smallest absolute Gasteiger partial charge is 0.134 e. The highest BCUT2D eigenvalue weighted by atomic mass is 19.1. The Morgan fingerprint density at radius 3 is 2.62 bits per heavy atom. The van der Waals surface area contributed by atoms with Crippen LogP contribution in [0.2, 0.25) is 0 Å². The van der Waals surface area contributed by atoms with Gasteiger partial charge < -0.3 is 10.4 Å². The van der Waals surface area contributed by atoms with E-state index in [1.807, 2.05) is 0 Å². The van der Waals surface area contributed by atoms with Gasteiger partial charge in [-0.3, -0.25) is 0 Å². The normalized spacial score (nSPS) is 19.5. The molecule has 1 atom stereocenters. The van der Waals surface area contributed by atoms with E-state index >= 15 is 0 Å². The molecule has 1 aromatic carbocycles. The molecule has 1 aliphatic rings. The van der Waals surface area contributed by atoms with Crippen molar-refractivity contribution in [2.45, 2.75) is 6.17 Å². The number of aromatic hydroxyl groups is 1. The van der Waals surface area contributed by atoms with Crippen molar-refractivity contribution >= 4 is 0 Å². The summed E-state index contributed by atoms with van der Waals surface area (Å²) in [6.07, 6.45) is -1.04. The van der Waals surface area contributed by atoms with Crippen molar-refractivity contribution in [1.29, 1.82) is 0 Å². The highest BCUT2D eigenvalue weighted by Crippen LogP contribution is 2.33. The lowest BCUT2D eigenvalue weighted by atomic mass is 9.92. The number of benzene rings is 1. The monoisotopic (exact) mass is 181 g/mol. The van der Waals surface area contributed by atoms with Crippen molar-refractivity contribution in [3.63, 3.8) is 0 Å². The fourth-order valence-corrected chi connectivity index (χ4v) is 1.49. The third kappa shape index (κ3) is 1.52. The quantitative estimate of drug-likeness (QED) is 0.726. The van der Waals surface area contributed by atoms with Crippen molar-refractivity contribution in [3.05, 3.63) is 29.8 Å². The predicted molar refractivity (Wildman–Crippen MR) is 48.3 cm³/mol. The molecule has 3 heteroatoms. The Balaban J connectivity index is 2.18. The van der Waals surface area contributed by atoms with Crippen LogP contribution in [0.25, 0.3) is 0 Å². The van der Waals surface area contributed by atoms with Crippen LogP contribution in [0.3, 0.4) is 0 Å². The summed E-state index contributed by atoms with van der Waals surface area (Å²) in [4.78, 5) is 0. The molecule has 1 unspecified atom stereocenters. The van der Waals surface area contributed by atoms with Crippen LogP contribution < -0.4 is 5.32 Å². The van der Waals surface area contributed by atoms with E-state index < -0.39 is 6.17 Å². The maximum atomic E-state index is 13.6. The number of rotatable bonds is 2.